The van der Waals surface area contributed by atoms with Crippen LogP contribution in [0.25, 0.3) is 0 Å². The van der Waals surface area contributed by atoms with Crippen molar-refractivity contribution in [2.45, 2.75) is 45.1 Å². The molecule has 1 aliphatic rings. The van der Waals surface area contributed by atoms with Crippen LogP contribution in [0.1, 0.15) is 50.6 Å². The molecule has 1 aromatic rings. The Morgan fingerprint density at radius 3 is 2.78 bits per heavy atom. The maximum Gasteiger partial charge on any atom is 0.0464 e. The average Bonchev–Trinajstić information content (AvgIpc) is 2.81. The van der Waals surface area contributed by atoms with E-state index in [9.17, 15) is 0 Å². The lowest BCUT2D eigenvalue weighted by Crippen LogP contribution is -2.21. The second-order valence-electron chi connectivity index (χ2n) is 5.28. The Morgan fingerprint density at radius 1 is 1.39 bits per heavy atom. The zero-order chi connectivity index (χ0) is 13.0. The van der Waals surface area contributed by atoms with E-state index in [2.05, 4.69) is 40.3 Å². The summed E-state index contributed by atoms with van der Waals surface area (Å²) in [4.78, 5) is 0. The van der Waals surface area contributed by atoms with Crippen LogP contribution in [-0.4, -0.2) is 6.54 Å². The topological polar surface area (TPSA) is 12.0 Å². The Hall–Kier alpha value is -0.0500. The number of halogens is 2. The zero-order valence-corrected chi connectivity index (χ0v) is 13.2. The van der Waals surface area contributed by atoms with Gasteiger partial charge in [0.15, 0.2) is 0 Å². The van der Waals surface area contributed by atoms with Crippen molar-refractivity contribution in [1.29, 1.82) is 0 Å². The summed E-state index contributed by atoms with van der Waals surface area (Å²) in [5.41, 5.74) is 1.19. The normalized spacial score (nSPS) is 18.2. The van der Waals surface area contributed by atoms with Gasteiger partial charge in [0.25, 0.3) is 0 Å². The van der Waals surface area contributed by atoms with Crippen molar-refractivity contribution in [3.8, 4) is 0 Å². The quantitative estimate of drug-likeness (QED) is 0.769. The SMILES string of the molecule is CC(NCCC1CCCC1)c1ccc(Br)cc1Cl. The Labute approximate surface area is 123 Å². The van der Waals surface area contributed by atoms with Crippen LogP contribution in [0.5, 0.6) is 0 Å². The first kappa shape index (κ1) is 14.4. The molecule has 18 heavy (non-hydrogen) atoms. The van der Waals surface area contributed by atoms with Gasteiger partial charge in [-0.2, -0.15) is 0 Å². The fourth-order valence-corrected chi connectivity index (χ4v) is 3.60. The van der Waals surface area contributed by atoms with E-state index >= 15 is 0 Å². The summed E-state index contributed by atoms with van der Waals surface area (Å²) in [7, 11) is 0. The Kier molecular flexibility index (Phi) is 5.53. The van der Waals surface area contributed by atoms with Crippen molar-refractivity contribution in [1.82, 2.24) is 5.32 Å². The van der Waals surface area contributed by atoms with E-state index in [1.165, 1.54) is 37.7 Å². The van der Waals surface area contributed by atoms with Crippen LogP contribution >= 0.6 is 27.5 Å². The molecule has 0 saturated heterocycles. The van der Waals surface area contributed by atoms with Crippen molar-refractivity contribution in [3.05, 3.63) is 33.3 Å². The number of nitrogens with one attached hydrogen (secondary N) is 1. The third-order valence-electron chi connectivity index (χ3n) is 3.91. The highest BCUT2D eigenvalue weighted by Crippen LogP contribution is 2.28. The van der Waals surface area contributed by atoms with E-state index in [0.29, 0.717) is 6.04 Å². The standard InChI is InChI=1S/C15H21BrClN/c1-11(14-7-6-13(16)10-15(14)17)18-9-8-12-4-2-3-5-12/h6-7,10-12,18H,2-5,8-9H2,1H3. The van der Waals surface area contributed by atoms with Crippen LogP contribution in [0.2, 0.25) is 5.02 Å². The van der Waals surface area contributed by atoms with E-state index in [4.69, 9.17) is 11.6 Å². The number of hydrogen-bond donors (Lipinski definition) is 1. The van der Waals surface area contributed by atoms with Crippen LogP contribution in [0.15, 0.2) is 22.7 Å². The molecule has 0 heterocycles. The predicted molar refractivity (Wildman–Crippen MR) is 82.1 cm³/mol. The molecule has 0 bridgehead atoms. The molecule has 1 nitrogen and oxygen atoms in total. The van der Waals surface area contributed by atoms with Crippen LogP contribution in [0.3, 0.4) is 0 Å². The van der Waals surface area contributed by atoms with Gasteiger partial charge in [0.2, 0.25) is 0 Å². The summed E-state index contributed by atoms with van der Waals surface area (Å²) in [6, 6.07) is 6.44. The number of rotatable bonds is 5. The van der Waals surface area contributed by atoms with Gasteiger partial charge in [0.05, 0.1) is 0 Å². The molecule has 1 saturated carbocycles. The fourth-order valence-electron chi connectivity index (χ4n) is 2.77. The van der Waals surface area contributed by atoms with Crippen LogP contribution in [-0.2, 0) is 0 Å². The molecular weight excluding hydrogens is 310 g/mol. The monoisotopic (exact) mass is 329 g/mol. The summed E-state index contributed by atoms with van der Waals surface area (Å²) in [5.74, 6) is 0.949. The Bertz CT molecular complexity index is 388. The lowest BCUT2D eigenvalue weighted by atomic mass is 10.0. The van der Waals surface area contributed by atoms with Gasteiger partial charge in [-0.05, 0) is 43.5 Å². The second-order valence-corrected chi connectivity index (χ2v) is 6.60. The molecular formula is C15H21BrClN. The van der Waals surface area contributed by atoms with Crippen molar-refractivity contribution in [2.75, 3.05) is 6.54 Å². The van der Waals surface area contributed by atoms with E-state index < -0.39 is 0 Å². The van der Waals surface area contributed by atoms with Gasteiger partial charge in [-0.25, -0.2) is 0 Å². The van der Waals surface area contributed by atoms with Gasteiger partial charge in [0, 0.05) is 15.5 Å². The first-order chi connectivity index (χ1) is 8.66. The highest BCUT2D eigenvalue weighted by molar-refractivity contribution is 9.10. The van der Waals surface area contributed by atoms with Crippen LogP contribution < -0.4 is 5.32 Å². The summed E-state index contributed by atoms with van der Waals surface area (Å²) in [6.07, 6.45) is 7.01. The molecule has 2 rings (SSSR count). The maximum atomic E-state index is 6.26. The third-order valence-corrected chi connectivity index (χ3v) is 4.73. The highest BCUT2D eigenvalue weighted by atomic mass is 79.9. The third kappa shape index (κ3) is 3.97. The molecule has 1 atom stereocenters. The lowest BCUT2D eigenvalue weighted by Gasteiger charge is -2.17. The van der Waals surface area contributed by atoms with Gasteiger partial charge in [-0.3, -0.25) is 0 Å². The predicted octanol–water partition coefficient (Wildman–Crippen LogP) is 5.33. The van der Waals surface area contributed by atoms with Crippen molar-refractivity contribution in [3.63, 3.8) is 0 Å². The largest absolute Gasteiger partial charge is 0.310 e. The van der Waals surface area contributed by atoms with Crippen LogP contribution in [0, 0.1) is 5.92 Å². The first-order valence-corrected chi connectivity index (χ1v) is 8.02. The number of hydrogen-bond acceptors (Lipinski definition) is 1. The van der Waals surface area contributed by atoms with E-state index in [-0.39, 0.29) is 0 Å². The summed E-state index contributed by atoms with van der Waals surface area (Å²) >= 11 is 9.70. The van der Waals surface area contributed by atoms with Crippen molar-refractivity contribution >= 4 is 27.5 Å². The minimum atomic E-state index is 0.326. The molecule has 0 aromatic heterocycles. The van der Waals surface area contributed by atoms with Crippen molar-refractivity contribution < 1.29 is 0 Å². The molecule has 0 aliphatic heterocycles. The van der Waals surface area contributed by atoms with Crippen molar-refractivity contribution in [2.24, 2.45) is 5.92 Å². The molecule has 1 N–H and O–H groups in total. The molecule has 1 aliphatic carbocycles. The fraction of sp³-hybridized carbons (Fsp3) is 0.600. The summed E-state index contributed by atoms with van der Waals surface area (Å²) in [5, 5.41) is 4.42. The van der Waals surface area contributed by atoms with Gasteiger partial charge < -0.3 is 5.32 Å². The molecule has 1 aromatic carbocycles. The van der Waals surface area contributed by atoms with E-state index in [1.807, 2.05) is 6.07 Å². The minimum Gasteiger partial charge on any atom is -0.310 e. The highest BCUT2D eigenvalue weighted by Gasteiger charge is 2.15. The molecule has 1 unspecified atom stereocenters. The Morgan fingerprint density at radius 2 is 2.11 bits per heavy atom. The van der Waals surface area contributed by atoms with E-state index in [0.717, 1.165) is 22.0 Å². The van der Waals surface area contributed by atoms with Gasteiger partial charge in [-0.1, -0.05) is 59.3 Å². The molecule has 100 valence electrons. The Balaban J connectivity index is 1.81. The first-order valence-electron chi connectivity index (χ1n) is 6.85. The van der Waals surface area contributed by atoms with Crippen LogP contribution in [0.4, 0.5) is 0 Å². The average molecular weight is 331 g/mol. The molecule has 0 radical (unpaired) electrons. The molecule has 0 spiro atoms. The molecule has 1 fully saturated rings. The lowest BCUT2D eigenvalue weighted by molar-refractivity contribution is 0.455. The van der Waals surface area contributed by atoms with E-state index in [1.54, 1.807) is 0 Å². The van der Waals surface area contributed by atoms with Gasteiger partial charge >= 0.3 is 0 Å². The molecule has 3 heteroatoms. The number of benzene rings is 1. The zero-order valence-electron chi connectivity index (χ0n) is 10.9. The summed E-state index contributed by atoms with van der Waals surface area (Å²) < 4.78 is 1.04. The summed E-state index contributed by atoms with van der Waals surface area (Å²) in [6.45, 7) is 3.28. The minimum absolute atomic E-state index is 0.326. The second kappa shape index (κ2) is 6.93. The van der Waals surface area contributed by atoms with Gasteiger partial charge in [-0.15, -0.1) is 0 Å². The maximum absolute atomic E-state index is 6.26. The smallest absolute Gasteiger partial charge is 0.0464 e. The van der Waals surface area contributed by atoms with Gasteiger partial charge in [0.1, 0.15) is 0 Å². The molecule has 0 amide bonds.